The highest BCUT2D eigenvalue weighted by atomic mass is 16.5. The van der Waals surface area contributed by atoms with Crippen LogP contribution in [0.3, 0.4) is 0 Å². The van der Waals surface area contributed by atoms with Gasteiger partial charge in [-0.1, -0.05) is 12.1 Å². The van der Waals surface area contributed by atoms with E-state index in [0.717, 1.165) is 29.0 Å². The molecule has 0 atom stereocenters. The van der Waals surface area contributed by atoms with Crippen molar-refractivity contribution in [2.45, 2.75) is 12.8 Å². The maximum absolute atomic E-state index is 11.9. The molecular formula is C18H19N3O3. The second kappa shape index (κ2) is 7.04. The lowest BCUT2D eigenvalue weighted by molar-refractivity contribution is -0.115. The largest absolute Gasteiger partial charge is 0.497 e. The quantitative estimate of drug-likeness (QED) is 0.790. The summed E-state index contributed by atoms with van der Waals surface area (Å²) in [5.41, 5.74) is 3.51. The number of methoxy groups -OCH3 is 1. The van der Waals surface area contributed by atoms with Gasteiger partial charge in [0.05, 0.1) is 13.5 Å². The van der Waals surface area contributed by atoms with E-state index in [1.807, 2.05) is 30.3 Å². The summed E-state index contributed by atoms with van der Waals surface area (Å²) in [4.78, 5) is 23.3. The van der Waals surface area contributed by atoms with Crippen molar-refractivity contribution in [1.29, 1.82) is 0 Å². The minimum absolute atomic E-state index is 0.0221. The number of anilines is 2. The molecule has 0 bridgehead atoms. The molecule has 2 aromatic rings. The normalized spacial score (nSPS) is 12.3. The van der Waals surface area contributed by atoms with E-state index in [1.165, 1.54) is 0 Å². The Morgan fingerprint density at radius 1 is 1.21 bits per heavy atom. The van der Waals surface area contributed by atoms with Gasteiger partial charge in [-0.25, -0.2) is 4.79 Å². The van der Waals surface area contributed by atoms with E-state index >= 15 is 0 Å². The molecule has 0 saturated heterocycles. The minimum Gasteiger partial charge on any atom is -0.497 e. The van der Waals surface area contributed by atoms with Crippen LogP contribution < -0.4 is 20.7 Å². The Balaban J connectivity index is 1.47. The summed E-state index contributed by atoms with van der Waals surface area (Å²) in [5.74, 6) is 0.792. The van der Waals surface area contributed by atoms with Crippen molar-refractivity contribution in [3.8, 4) is 5.75 Å². The van der Waals surface area contributed by atoms with E-state index in [2.05, 4.69) is 16.0 Å². The number of hydrogen-bond acceptors (Lipinski definition) is 3. The maximum Gasteiger partial charge on any atom is 0.319 e. The number of benzene rings is 2. The average Bonchev–Trinajstić information content (AvgIpc) is 2.95. The van der Waals surface area contributed by atoms with E-state index in [0.29, 0.717) is 18.7 Å². The zero-order chi connectivity index (χ0) is 16.9. The van der Waals surface area contributed by atoms with Gasteiger partial charge in [0.1, 0.15) is 5.75 Å². The average molecular weight is 325 g/mol. The number of ether oxygens (including phenoxy) is 1. The highest BCUT2D eigenvalue weighted by molar-refractivity contribution is 6.00. The molecule has 6 nitrogen and oxygen atoms in total. The maximum atomic E-state index is 11.9. The smallest absolute Gasteiger partial charge is 0.319 e. The van der Waals surface area contributed by atoms with Gasteiger partial charge in [0.25, 0.3) is 0 Å². The van der Waals surface area contributed by atoms with Gasteiger partial charge >= 0.3 is 6.03 Å². The molecule has 3 rings (SSSR count). The Bertz CT molecular complexity index is 757. The highest BCUT2D eigenvalue weighted by Crippen LogP contribution is 2.25. The van der Waals surface area contributed by atoms with E-state index < -0.39 is 0 Å². The summed E-state index contributed by atoms with van der Waals surface area (Å²) in [5, 5.41) is 8.37. The van der Waals surface area contributed by atoms with Gasteiger partial charge < -0.3 is 20.7 Å². The zero-order valence-electron chi connectivity index (χ0n) is 13.4. The Labute approximate surface area is 140 Å². The Morgan fingerprint density at radius 3 is 2.75 bits per heavy atom. The lowest BCUT2D eigenvalue weighted by Gasteiger charge is -2.09. The summed E-state index contributed by atoms with van der Waals surface area (Å²) < 4.78 is 5.11. The third-order valence-corrected chi connectivity index (χ3v) is 3.85. The van der Waals surface area contributed by atoms with Crippen LogP contribution in [0.5, 0.6) is 5.75 Å². The first-order valence-corrected chi connectivity index (χ1v) is 7.74. The molecule has 0 spiro atoms. The van der Waals surface area contributed by atoms with E-state index in [-0.39, 0.29) is 11.9 Å². The van der Waals surface area contributed by atoms with Crippen molar-refractivity contribution in [2.75, 3.05) is 24.3 Å². The summed E-state index contributed by atoms with van der Waals surface area (Å²) >= 11 is 0. The van der Waals surface area contributed by atoms with Crippen LogP contribution in [0, 0.1) is 0 Å². The van der Waals surface area contributed by atoms with Crippen LogP contribution in [0.15, 0.2) is 42.5 Å². The fraction of sp³-hybridized carbons (Fsp3) is 0.222. The van der Waals surface area contributed by atoms with Crippen molar-refractivity contribution in [2.24, 2.45) is 0 Å². The first-order valence-electron chi connectivity index (χ1n) is 7.74. The van der Waals surface area contributed by atoms with E-state index in [1.54, 1.807) is 19.2 Å². The van der Waals surface area contributed by atoms with Crippen LogP contribution in [-0.4, -0.2) is 25.6 Å². The van der Waals surface area contributed by atoms with Gasteiger partial charge in [0.2, 0.25) is 5.91 Å². The monoisotopic (exact) mass is 325 g/mol. The molecule has 1 heterocycles. The van der Waals surface area contributed by atoms with Crippen molar-refractivity contribution < 1.29 is 14.3 Å². The SMILES string of the molecule is COc1ccc(CCNC(=O)Nc2ccc3c(c2)CC(=O)N3)cc1. The van der Waals surface area contributed by atoms with Crippen molar-refractivity contribution in [1.82, 2.24) is 5.32 Å². The van der Waals surface area contributed by atoms with Gasteiger partial charge in [0, 0.05) is 17.9 Å². The molecule has 0 unspecified atom stereocenters. The van der Waals surface area contributed by atoms with Gasteiger partial charge in [-0.3, -0.25) is 4.79 Å². The van der Waals surface area contributed by atoms with Crippen LogP contribution in [0.2, 0.25) is 0 Å². The molecule has 124 valence electrons. The van der Waals surface area contributed by atoms with Crippen molar-refractivity contribution in [3.05, 3.63) is 53.6 Å². The fourth-order valence-corrected chi connectivity index (χ4v) is 2.59. The Kier molecular flexibility index (Phi) is 4.65. The molecule has 3 N–H and O–H groups in total. The highest BCUT2D eigenvalue weighted by Gasteiger charge is 2.17. The molecule has 3 amide bonds. The molecule has 1 aliphatic heterocycles. The summed E-state index contributed by atoms with van der Waals surface area (Å²) in [7, 11) is 1.63. The molecule has 0 aliphatic carbocycles. The molecule has 0 aromatic heterocycles. The Morgan fingerprint density at radius 2 is 2.00 bits per heavy atom. The fourth-order valence-electron chi connectivity index (χ4n) is 2.59. The summed E-state index contributed by atoms with van der Waals surface area (Å²) in [6.45, 7) is 0.531. The van der Waals surface area contributed by atoms with Gasteiger partial charge in [-0.05, 0) is 47.9 Å². The lowest BCUT2D eigenvalue weighted by Crippen LogP contribution is -2.30. The van der Waals surface area contributed by atoms with Crippen LogP contribution in [0.25, 0.3) is 0 Å². The minimum atomic E-state index is -0.263. The number of carbonyl (C=O) groups is 2. The lowest BCUT2D eigenvalue weighted by atomic mass is 10.1. The van der Waals surface area contributed by atoms with Crippen molar-refractivity contribution >= 4 is 23.3 Å². The standard InChI is InChI=1S/C18H19N3O3/c1-24-15-5-2-12(3-6-15)8-9-19-18(23)20-14-4-7-16-13(10-14)11-17(22)21-16/h2-7,10H,8-9,11H2,1H3,(H,21,22)(H2,19,20,23). The topological polar surface area (TPSA) is 79.5 Å². The van der Waals surface area contributed by atoms with Crippen LogP contribution >= 0.6 is 0 Å². The van der Waals surface area contributed by atoms with Crippen LogP contribution in [-0.2, 0) is 17.6 Å². The molecule has 2 aromatic carbocycles. The number of hydrogen-bond donors (Lipinski definition) is 3. The second-order valence-corrected chi connectivity index (χ2v) is 5.58. The third kappa shape index (κ3) is 3.84. The first-order chi connectivity index (χ1) is 11.6. The van der Waals surface area contributed by atoms with Crippen LogP contribution in [0.1, 0.15) is 11.1 Å². The van der Waals surface area contributed by atoms with E-state index in [9.17, 15) is 9.59 Å². The van der Waals surface area contributed by atoms with Crippen molar-refractivity contribution in [3.63, 3.8) is 0 Å². The Hall–Kier alpha value is -3.02. The third-order valence-electron chi connectivity index (χ3n) is 3.85. The second-order valence-electron chi connectivity index (χ2n) is 5.58. The number of fused-ring (bicyclic) bond motifs is 1. The summed E-state index contributed by atoms with van der Waals surface area (Å²) in [6, 6.07) is 12.9. The number of carbonyl (C=O) groups excluding carboxylic acids is 2. The molecule has 6 heteroatoms. The van der Waals surface area contributed by atoms with E-state index in [4.69, 9.17) is 4.74 Å². The number of nitrogens with one attached hydrogen (secondary N) is 3. The van der Waals surface area contributed by atoms with Gasteiger partial charge in [-0.15, -0.1) is 0 Å². The molecule has 0 radical (unpaired) electrons. The molecule has 24 heavy (non-hydrogen) atoms. The molecule has 0 saturated carbocycles. The van der Waals surface area contributed by atoms with Crippen LogP contribution in [0.4, 0.5) is 16.2 Å². The molecule has 1 aliphatic rings. The number of rotatable bonds is 5. The predicted molar refractivity (Wildman–Crippen MR) is 92.5 cm³/mol. The first kappa shape index (κ1) is 15.9. The summed E-state index contributed by atoms with van der Waals surface area (Å²) in [6.07, 6.45) is 1.09. The van der Waals surface area contributed by atoms with Gasteiger partial charge in [-0.2, -0.15) is 0 Å². The number of amides is 3. The predicted octanol–water partition coefficient (Wildman–Crippen LogP) is 2.55. The van der Waals surface area contributed by atoms with Gasteiger partial charge in [0.15, 0.2) is 0 Å². The molecule has 0 fully saturated rings. The molecular weight excluding hydrogens is 306 g/mol. The number of urea groups is 1. The zero-order valence-corrected chi connectivity index (χ0v) is 13.4.